The van der Waals surface area contributed by atoms with Crippen LogP contribution in [0.4, 0.5) is 0 Å². The summed E-state index contributed by atoms with van der Waals surface area (Å²) in [7, 11) is 0. The molecule has 0 saturated carbocycles. The van der Waals surface area contributed by atoms with E-state index in [1.54, 1.807) is 6.20 Å². The molecule has 0 bridgehead atoms. The molecule has 0 aliphatic rings. The molecule has 1 atom stereocenters. The zero-order valence-electron chi connectivity index (χ0n) is 21.0. The summed E-state index contributed by atoms with van der Waals surface area (Å²) < 4.78 is 7.53. The number of fused-ring (bicyclic) bond motifs is 1. The van der Waals surface area contributed by atoms with Gasteiger partial charge in [-0.3, -0.25) is 14.7 Å². The maximum atomic E-state index is 13.1. The van der Waals surface area contributed by atoms with Crippen molar-refractivity contribution in [3.05, 3.63) is 76.1 Å². The highest BCUT2D eigenvalue weighted by molar-refractivity contribution is 5.80. The number of benzene rings is 1. The fourth-order valence-corrected chi connectivity index (χ4v) is 4.31. The van der Waals surface area contributed by atoms with Gasteiger partial charge in [0, 0.05) is 41.9 Å². The molecule has 1 N–H and O–H groups in total. The van der Waals surface area contributed by atoms with Crippen LogP contribution in [0.5, 0.6) is 5.75 Å². The molecule has 3 aromatic heterocycles. The van der Waals surface area contributed by atoms with Crippen LogP contribution in [-0.4, -0.2) is 41.7 Å². The summed E-state index contributed by atoms with van der Waals surface area (Å²) in [6, 6.07) is 11.5. The predicted molar refractivity (Wildman–Crippen MR) is 135 cm³/mol. The van der Waals surface area contributed by atoms with E-state index in [1.165, 1.54) is 0 Å². The molecule has 4 aromatic rings. The lowest BCUT2D eigenvalue weighted by Crippen LogP contribution is -2.35. The van der Waals surface area contributed by atoms with E-state index in [9.17, 15) is 4.79 Å². The zero-order valence-corrected chi connectivity index (χ0v) is 21.0. The highest BCUT2D eigenvalue weighted by Gasteiger charge is 2.29. The van der Waals surface area contributed by atoms with Crippen LogP contribution in [0.2, 0.25) is 0 Å². The Bertz CT molecular complexity index is 1330. The van der Waals surface area contributed by atoms with Gasteiger partial charge in [0.25, 0.3) is 5.56 Å². The fourth-order valence-electron chi connectivity index (χ4n) is 4.31. The largest absolute Gasteiger partial charge is 0.494 e. The molecule has 35 heavy (non-hydrogen) atoms. The van der Waals surface area contributed by atoms with Crippen LogP contribution in [0, 0.1) is 0 Å². The number of hydrogen-bond donors (Lipinski definition) is 1. The summed E-state index contributed by atoms with van der Waals surface area (Å²) >= 11 is 0. The van der Waals surface area contributed by atoms with Crippen molar-refractivity contribution in [1.82, 2.24) is 35.1 Å². The lowest BCUT2D eigenvalue weighted by Gasteiger charge is -2.32. The molecule has 0 amide bonds. The van der Waals surface area contributed by atoms with E-state index < -0.39 is 0 Å². The van der Waals surface area contributed by atoms with Crippen molar-refractivity contribution < 1.29 is 4.74 Å². The van der Waals surface area contributed by atoms with Crippen molar-refractivity contribution in [3.8, 4) is 5.75 Å². The molecular weight excluding hydrogens is 442 g/mol. The van der Waals surface area contributed by atoms with Gasteiger partial charge in [-0.15, -0.1) is 5.10 Å². The number of rotatable bonds is 9. The Morgan fingerprint density at radius 2 is 1.97 bits per heavy atom. The first-order valence-electron chi connectivity index (χ1n) is 12.0. The maximum Gasteiger partial charge on any atom is 0.252 e. The normalized spacial score (nSPS) is 12.9. The summed E-state index contributed by atoms with van der Waals surface area (Å²) in [6.45, 7) is 11.9. The van der Waals surface area contributed by atoms with E-state index in [4.69, 9.17) is 4.74 Å². The molecule has 0 unspecified atom stereocenters. The van der Waals surface area contributed by atoms with Gasteiger partial charge in [-0.05, 0) is 80.4 Å². The standard InChI is InChI=1S/C26H33N7O2/c1-6-23(24-29-30-31-33(24)26(3,4)5)32(16-18-9-8-12-27-15-18)17-20-13-19-14-21(35-7-2)10-11-22(19)28-25(20)34/h8-15,23H,6-7,16-17H2,1-5H3,(H,28,34)/t23-/m0/s1. The number of aromatic nitrogens is 6. The second-order valence-corrected chi connectivity index (χ2v) is 9.62. The van der Waals surface area contributed by atoms with Gasteiger partial charge < -0.3 is 9.72 Å². The van der Waals surface area contributed by atoms with Crippen molar-refractivity contribution in [2.24, 2.45) is 0 Å². The number of pyridine rings is 2. The minimum absolute atomic E-state index is 0.103. The summed E-state index contributed by atoms with van der Waals surface area (Å²) in [4.78, 5) is 22.6. The highest BCUT2D eigenvalue weighted by atomic mass is 16.5. The predicted octanol–water partition coefficient (Wildman–Crippen LogP) is 4.22. The molecule has 0 radical (unpaired) electrons. The smallest absolute Gasteiger partial charge is 0.252 e. The van der Waals surface area contributed by atoms with Crippen LogP contribution in [0.1, 0.15) is 64.0 Å². The van der Waals surface area contributed by atoms with Gasteiger partial charge in [-0.2, -0.15) is 0 Å². The Balaban J connectivity index is 1.76. The number of ether oxygens (including phenoxy) is 1. The highest BCUT2D eigenvalue weighted by Crippen LogP contribution is 2.29. The Labute approximate surface area is 205 Å². The van der Waals surface area contributed by atoms with E-state index in [1.807, 2.05) is 54.2 Å². The van der Waals surface area contributed by atoms with Crippen LogP contribution in [0.3, 0.4) is 0 Å². The average molecular weight is 476 g/mol. The number of nitrogens with one attached hydrogen (secondary N) is 1. The lowest BCUT2D eigenvalue weighted by atomic mass is 10.1. The SMILES string of the molecule is CCOc1ccc2[nH]c(=O)c(CN(Cc3cccnc3)[C@@H](CC)c3nnnn3C(C)(C)C)cc2c1. The van der Waals surface area contributed by atoms with Crippen molar-refractivity contribution >= 4 is 10.9 Å². The molecule has 1 aromatic carbocycles. The number of nitrogens with zero attached hydrogens (tertiary/aromatic N) is 6. The monoisotopic (exact) mass is 475 g/mol. The molecule has 0 fully saturated rings. The third-order valence-electron chi connectivity index (χ3n) is 5.94. The summed E-state index contributed by atoms with van der Waals surface area (Å²) in [5.41, 5.74) is 2.12. The van der Waals surface area contributed by atoms with E-state index in [0.29, 0.717) is 25.3 Å². The third kappa shape index (κ3) is 5.57. The molecule has 184 valence electrons. The van der Waals surface area contributed by atoms with Crippen LogP contribution in [-0.2, 0) is 18.6 Å². The van der Waals surface area contributed by atoms with Gasteiger partial charge in [-0.25, -0.2) is 4.68 Å². The van der Waals surface area contributed by atoms with Crippen LogP contribution in [0.15, 0.2) is 53.6 Å². The fraction of sp³-hybridized carbons (Fsp3) is 0.423. The number of aromatic amines is 1. The van der Waals surface area contributed by atoms with E-state index in [0.717, 1.165) is 34.5 Å². The van der Waals surface area contributed by atoms with Gasteiger partial charge in [0.05, 0.1) is 18.2 Å². The van der Waals surface area contributed by atoms with Crippen molar-refractivity contribution in [3.63, 3.8) is 0 Å². The Hall–Kier alpha value is -3.59. The molecule has 0 spiro atoms. The van der Waals surface area contributed by atoms with Crippen molar-refractivity contribution in [1.29, 1.82) is 0 Å². The summed E-state index contributed by atoms with van der Waals surface area (Å²) in [5.74, 6) is 1.56. The first kappa shape index (κ1) is 24.5. The van der Waals surface area contributed by atoms with Crippen LogP contribution < -0.4 is 10.3 Å². The van der Waals surface area contributed by atoms with E-state index in [-0.39, 0.29) is 17.1 Å². The second-order valence-electron chi connectivity index (χ2n) is 9.62. The van der Waals surface area contributed by atoms with E-state index >= 15 is 0 Å². The Kier molecular flexibility index (Phi) is 7.25. The maximum absolute atomic E-state index is 13.1. The molecule has 4 rings (SSSR count). The van der Waals surface area contributed by atoms with Gasteiger partial charge in [-0.1, -0.05) is 13.0 Å². The number of hydrogen-bond acceptors (Lipinski definition) is 7. The van der Waals surface area contributed by atoms with Gasteiger partial charge in [0.15, 0.2) is 5.82 Å². The first-order valence-corrected chi connectivity index (χ1v) is 12.0. The van der Waals surface area contributed by atoms with E-state index in [2.05, 4.69) is 58.1 Å². The quantitative estimate of drug-likeness (QED) is 0.387. The lowest BCUT2D eigenvalue weighted by molar-refractivity contribution is 0.153. The molecule has 0 aliphatic heterocycles. The zero-order chi connectivity index (χ0) is 25.0. The minimum Gasteiger partial charge on any atom is -0.494 e. The minimum atomic E-state index is -0.275. The Morgan fingerprint density at radius 1 is 1.14 bits per heavy atom. The van der Waals surface area contributed by atoms with Crippen LogP contribution in [0.25, 0.3) is 10.9 Å². The summed E-state index contributed by atoms with van der Waals surface area (Å²) in [5, 5.41) is 13.6. The van der Waals surface area contributed by atoms with Crippen molar-refractivity contribution in [2.45, 2.75) is 65.7 Å². The van der Waals surface area contributed by atoms with Gasteiger partial charge in [0.1, 0.15) is 5.75 Å². The first-order chi connectivity index (χ1) is 16.8. The number of H-pyrrole nitrogens is 1. The molecule has 0 saturated heterocycles. The average Bonchev–Trinajstić information content (AvgIpc) is 3.31. The number of tetrazole rings is 1. The van der Waals surface area contributed by atoms with Crippen LogP contribution >= 0.6 is 0 Å². The Morgan fingerprint density at radius 3 is 2.66 bits per heavy atom. The second kappa shape index (κ2) is 10.4. The van der Waals surface area contributed by atoms with Gasteiger partial charge >= 0.3 is 0 Å². The molecule has 3 heterocycles. The third-order valence-corrected chi connectivity index (χ3v) is 5.94. The molecule has 9 nitrogen and oxygen atoms in total. The summed E-state index contributed by atoms with van der Waals surface area (Å²) in [6.07, 6.45) is 4.39. The molecular formula is C26H33N7O2. The molecule has 0 aliphatic carbocycles. The topological polar surface area (TPSA) is 102 Å². The van der Waals surface area contributed by atoms with Gasteiger partial charge in [0.2, 0.25) is 0 Å². The van der Waals surface area contributed by atoms with Crippen molar-refractivity contribution in [2.75, 3.05) is 6.61 Å². The molecule has 9 heteroatoms.